The van der Waals surface area contributed by atoms with E-state index in [9.17, 15) is 26.4 Å². The smallest absolute Gasteiger partial charge is 0.371 e. The molecule has 2 heterocycles. The van der Waals surface area contributed by atoms with Crippen molar-refractivity contribution < 1.29 is 26.4 Å². The largest absolute Gasteiger partial charge is 0.416 e. The highest BCUT2D eigenvalue weighted by molar-refractivity contribution is 7.89. The van der Waals surface area contributed by atoms with E-state index in [0.717, 1.165) is 24.3 Å². The summed E-state index contributed by atoms with van der Waals surface area (Å²) in [6, 6.07) is 2.96. The van der Waals surface area contributed by atoms with E-state index in [2.05, 4.69) is 15.5 Å². The van der Waals surface area contributed by atoms with Crippen LogP contribution in [0.25, 0.3) is 0 Å². The molecule has 1 unspecified atom stereocenters. The van der Waals surface area contributed by atoms with Gasteiger partial charge < -0.3 is 10.2 Å². The molecule has 164 valence electrons. The van der Waals surface area contributed by atoms with Gasteiger partial charge >= 0.3 is 6.18 Å². The fraction of sp³-hybridized carbons (Fsp3) is 0.444. The normalized spacial score (nSPS) is 18.5. The van der Waals surface area contributed by atoms with Crippen LogP contribution < -0.4 is 5.32 Å². The number of aromatic amines is 1. The molecule has 1 saturated heterocycles. The maximum Gasteiger partial charge on any atom is 0.416 e. The van der Waals surface area contributed by atoms with Crippen LogP contribution in [0.2, 0.25) is 0 Å². The molecule has 0 aliphatic carbocycles. The van der Waals surface area contributed by atoms with E-state index < -0.39 is 27.8 Å². The molecule has 1 atom stereocenters. The molecule has 12 heteroatoms. The minimum Gasteiger partial charge on any atom is -0.371 e. The van der Waals surface area contributed by atoms with Crippen LogP contribution in [0.1, 0.15) is 28.5 Å². The van der Waals surface area contributed by atoms with Gasteiger partial charge in [0.25, 0.3) is 5.91 Å². The number of nitrogens with zero attached hydrogens (tertiary/aromatic N) is 3. The standard InChI is InChI=1S/C18H22F3N5O3S/c1-11-10-25(30(28,29)14-6-4-13(5-7-14)18(19,20)21)8-9-26(11)17(27)15-12(2)23-24-16(15)22-3/h4-7,11H,8-10H2,1-3H3,(H2,22,23,24). The van der Waals surface area contributed by atoms with Gasteiger partial charge in [-0.1, -0.05) is 0 Å². The van der Waals surface area contributed by atoms with Gasteiger partial charge in [-0.15, -0.1) is 0 Å². The molecule has 2 N–H and O–H groups in total. The van der Waals surface area contributed by atoms with Gasteiger partial charge in [-0.25, -0.2) is 8.42 Å². The Labute approximate surface area is 172 Å². The number of hydrogen-bond donors (Lipinski definition) is 2. The first-order valence-electron chi connectivity index (χ1n) is 9.18. The highest BCUT2D eigenvalue weighted by atomic mass is 32.2. The average Bonchev–Trinajstić information content (AvgIpc) is 3.07. The minimum absolute atomic E-state index is 0.0287. The van der Waals surface area contributed by atoms with E-state index in [-0.39, 0.29) is 30.4 Å². The lowest BCUT2D eigenvalue weighted by Gasteiger charge is -2.39. The molecule has 1 aliphatic heterocycles. The Kier molecular flexibility index (Phi) is 5.83. The number of aromatic nitrogens is 2. The molecule has 8 nitrogen and oxygen atoms in total. The number of halogens is 3. The first kappa shape index (κ1) is 22.1. The third-order valence-corrected chi connectivity index (χ3v) is 6.95. The van der Waals surface area contributed by atoms with Crippen molar-refractivity contribution in [1.82, 2.24) is 19.4 Å². The predicted molar refractivity (Wildman–Crippen MR) is 104 cm³/mol. The first-order chi connectivity index (χ1) is 14.0. The molecule has 30 heavy (non-hydrogen) atoms. The second-order valence-electron chi connectivity index (χ2n) is 7.05. The molecule has 0 bridgehead atoms. The summed E-state index contributed by atoms with van der Waals surface area (Å²) in [7, 11) is -2.34. The van der Waals surface area contributed by atoms with Gasteiger partial charge in [0.2, 0.25) is 10.0 Å². The number of aryl methyl sites for hydroxylation is 1. The number of amides is 1. The molecule has 1 fully saturated rings. The third kappa shape index (κ3) is 4.01. The van der Waals surface area contributed by atoms with Gasteiger partial charge in [0.15, 0.2) is 5.82 Å². The maximum atomic E-state index is 13.0. The Morgan fingerprint density at radius 1 is 1.23 bits per heavy atom. The van der Waals surface area contributed by atoms with E-state index in [1.165, 1.54) is 4.31 Å². The molecule has 2 aromatic rings. The highest BCUT2D eigenvalue weighted by Gasteiger charge is 2.37. The van der Waals surface area contributed by atoms with Crippen LogP contribution in [-0.4, -0.2) is 66.5 Å². The summed E-state index contributed by atoms with van der Waals surface area (Å²) in [4.78, 5) is 14.3. The molecule has 0 radical (unpaired) electrons. The zero-order valence-electron chi connectivity index (χ0n) is 16.6. The van der Waals surface area contributed by atoms with Gasteiger partial charge in [-0.3, -0.25) is 9.89 Å². The Morgan fingerprint density at radius 2 is 1.87 bits per heavy atom. The Morgan fingerprint density at radius 3 is 2.40 bits per heavy atom. The topological polar surface area (TPSA) is 98.4 Å². The number of anilines is 1. The molecule has 0 saturated carbocycles. The Bertz CT molecular complexity index is 1030. The first-order valence-corrected chi connectivity index (χ1v) is 10.6. The lowest BCUT2D eigenvalue weighted by molar-refractivity contribution is -0.137. The van der Waals surface area contributed by atoms with Crippen LogP contribution in [0, 0.1) is 6.92 Å². The van der Waals surface area contributed by atoms with Gasteiger partial charge in [0.05, 0.1) is 10.5 Å². The van der Waals surface area contributed by atoms with E-state index in [1.54, 1.807) is 25.8 Å². The summed E-state index contributed by atoms with van der Waals surface area (Å²) >= 11 is 0. The zero-order chi connectivity index (χ0) is 22.3. The molecule has 0 spiro atoms. The highest BCUT2D eigenvalue weighted by Crippen LogP contribution is 2.30. The molecular weight excluding hydrogens is 423 g/mol. The fourth-order valence-electron chi connectivity index (χ4n) is 3.42. The molecule has 1 aliphatic rings. The van der Waals surface area contributed by atoms with E-state index in [4.69, 9.17) is 0 Å². The number of rotatable bonds is 4. The van der Waals surface area contributed by atoms with Crippen LogP contribution in [0.5, 0.6) is 0 Å². The third-order valence-electron chi connectivity index (χ3n) is 5.07. The van der Waals surface area contributed by atoms with Crippen LogP contribution in [0.4, 0.5) is 19.0 Å². The van der Waals surface area contributed by atoms with Crippen molar-refractivity contribution >= 4 is 21.7 Å². The number of benzene rings is 1. The van der Waals surface area contributed by atoms with Crippen molar-refractivity contribution in [3.05, 3.63) is 41.1 Å². The van der Waals surface area contributed by atoms with Gasteiger partial charge in [0, 0.05) is 38.4 Å². The number of piperazine rings is 1. The number of carbonyl (C=O) groups is 1. The van der Waals surface area contributed by atoms with Gasteiger partial charge in [-0.05, 0) is 38.1 Å². The Hall–Kier alpha value is -2.60. The fourth-order valence-corrected chi connectivity index (χ4v) is 4.94. The van der Waals surface area contributed by atoms with Crippen molar-refractivity contribution in [2.24, 2.45) is 0 Å². The zero-order valence-corrected chi connectivity index (χ0v) is 17.4. The second kappa shape index (κ2) is 7.91. The average molecular weight is 445 g/mol. The van der Waals surface area contributed by atoms with Crippen LogP contribution in [0.15, 0.2) is 29.2 Å². The number of alkyl halides is 3. The minimum atomic E-state index is -4.54. The molecule has 3 rings (SSSR count). The van der Waals surface area contributed by atoms with E-state index in [1.807, 2.05) is 0 Å². The van der Waals surface area contributed by atoms with Crippen molar-refractivity contribution in [2.45, 2.75) is 31.0 Å². The van der Waals surface area contributed by atoms with Crippen molar-refractivity contribution in [3.8, 4) is 0 Å². The monoisotopic (exact) mass is 445 g/mol. The molecule has 1 aromatic heterocycles. The quantitative estimate of drug-likeness (QED) is 0.753. The lowest BCUT2D eigenvalue weighted by Crippen LogP contribution is -2.55. The van der Waals surface area contributed by atoms with Crippen molar-refractivity contribution in [1.29, 1.82) is 0 Å². The summed E-state index contributed by atoms with van der Waals surface area (Å²) in [6.45, 7) is 3.65. The van der Waals surface area contributed by atoms with Crippen LogP contribution in [0.3, 0.4) is 0 Å². The summed E-state index contributed by atoms with van der Waals surface area (Å²) in [5.74, 6) is 0.134. The number of carbonyl (C=O) groups excluding carboxylic acids is 1. The van der Waals surface area contributed by atoms with Crippen molar-refractivity contribution in [2.75, 3.05) is 32.0 Å². The summed E-state index contributed by atoms with van der Waals surface area (Å²) < 4.78 is 65.1. The number of H-pyrrole nitrogens is 1. The second-order valence-corrected chi connectivity index (χ2v) is 8.99. The number of sulfonamides is 1. The van der Waals surface area contributed by atoms with Crippen LogP contribution >= 0.6 is 0 Å². The predicted octanol–water partition coefficient (Wildman–Crippen LogP) is 2.31. The molecule has 1 amide bonds. The van der Waals surface area contributed by atoms with Crippen molar-refractivity contribution in [3.63, 3.8) is 0 Å². The van der Waals surface area contributed by atoms with Gasteiger partial charge in [0.1, 0.15) is 5.56 Å². The van der Waals surface area contributed by atoms with Gasteiger partial charge in [-0.2, -0.15) is 22.6 Å². The summed E-state index contributed by atoms with van der Waals surface area (Å²) in [6.07, 6.45) is -4.54. The van der Waals surface area contributed by atoms with E-state index in [0.29, 0.717) is 17.1 Å². The number of nitrogens with one attached hydrogen (secondary N) is 2. The summed E-state index contributed by atoms with van der Waals surface area (Å²) in [5.41, 5.74) is 0.0702. The lowest BCUT2D eigenvalue weighted by atomic mass is 10.1. The molecular formula is C18H22F3N5O3S. The number of hydrogen-bond acceptors (Lipinski definition) is 5. The molecule has 1 aromatic carbocycles. The maximum absolute atomic E-state index is 13.0. The Balaban J connectivity index is 1.77. The summed E-state index contributed by atoms with van der Waals surface area (Å²) in [5, 5.41) is 9.61. The van der Waals surface area contributed by atoms with E-state index >= 15 is 0 Å². The van der Waals surface area contributed by atoms with Crippen LogP contribution in [-0.2, 0) is 16.2 Å². The SMILES string of the molecule is CNc1n[nH]c(C)c1C(=O)N1CCN(S(=O)(=O)c2ccc(C(F)(F)F)cc2)CC1C.